The molecule has 0 aromatic heterocycles. The normalized spacial score (nSPS) is 19.8. The summed E-state index contributed by atoms with van der Waals surface area (Å²) in [4.78, 5) is 50.5. The predicted octanol–water partition coefficient (Wildman–Crippen LogP) is -1.29. The summed E-state index contributed by atoms with van der Waals surface area (Å²) in [6.07, 6.45) is -0.105. The fourth-order valence-corrected chi connectivity index (χ4v) is 4.52. The van der Waals surface area contributed by atoms with Crippen LogP contribution in [-0.2, 0) is 25.6 Å². The lowest BCUT2D eigenvalue weighted by molar-refractivity contribution is -0.147. The molecule has 1 fully saturated rings. The summed E-state index contributed by atoms with van der Waals surface area (Å²) in [5.41, 5.74) is -1.68. The number of fused-ring (bicyclic) bond motifs is 1. The summed E-state index contributed by atoms with van der Waals surface area (Å²) in [5.74, 6) is -9.46. The van der Waals surface area contributed by atoms with Crippen LogP contribution in [0.1, 0.15) is 45.8 Å². The highest BCUT2D eigenvalue weighted by Gasteiger charge is 2.49. The number of amides is 4. The number of hydrogen-bond donors (Lipinski definition) is 2. The molecule has 2 aromatic rings. The van der Waals surface area contributed by atoms with Crippen molar-refractivity contribution < 1.29 is 28.0 Å². The molecule has 176 valence electrons. The Morgan fingerprint density at radius 2 is 1.78 bits per heavy atom. The molecule has 0 aliphatic carbocycles. The highest BCUT2D eigenvalue weighted by Crippen LogP contribution is 2.38. The van der Waals surface area contributed by atoms with Gasteiger partial charge in [0.15, 0.2) is 0 Å². The fraction of sp³-hybridized carbons (Fsp3) is 0.273. The number of nitrogens with one attached hydrogen (secondary N) is 2. The predicted molar refractivity (Wildman–Crippen MR) is 135 cm³/mol. The molecule has 0 bridgehead atoms. The second kappa shape index (κ2) is 9.38. The lowest BCUT2D eigenvalue weighted by Gasteiger charge is -2.40. The second-order valence-corrected chi connectivity index (χ2v) is 9.15. The third-order valence-corrected chi connectivity index (χ3v) is 6.59. The minimum Gasteiger partial charge on any atom is -0.352 e. The Kier molecular flexibility index (Phi) is 6.86. The number of carbonyl (C=O) groups is 4. The maximum atomic E-state index is 14.7. The number of carbonyl (C=O) groups excluding carboxylic acids is 4. The van der Waals surface area contributed by atoms with Gasteiger partial charge in [0.1, 0.15) is 29.6 Å². The number of rotatable bonds is 5. The number of hydrogen-bond acceptors (Lipinski definition) is 4. The monoisotopic (exact) mass is 511 g/mol. The molecule has 2 atom stereocenters. The third kappa shape index (κ3) is 4.49. The van der Waals surface area contributed by atoms with Gasteiger partial charge >= 0.3 is 5.92 Å². The van der Waals surface area contributed by atoms with Gasteiger partial charge < -0.3 is 10.2 Å². The average molecular weight is 511 g/mol. The molecule has 0 spiro atoms. The number of halogens is 3. The van der Waals surface area contributed by atoms with Crippen LogP contribution >= 0.6 is 11.6 Å². The Bertz CT molecular complexity index is 1340. The largest absolute Gasteiger partial charge is 0.352 e. The molecule has 37 heavy (non-hydrogen) atoms. The van der Waals surface area contributed by atoms with Crippen LogP contribution < -0.4 is 21.6 Å². The van der Waals surface area contributed by atoms with Gasteiger partial charge in [-0.3, -0.25) is 24.5 Å². The van der Waals surface area contributed by atoms with E-state index in [1.54, 1.807) is 0 Å². The summed E-state index contributed by atoms with van der Waals surface area (Å²) in [6.45, 7) is 0. The lowest BCUT2D eigenvalue weighted by atomic mass is 9.56. The van der Waals surface area contributed by atoms with Crippen LogP contribution in [0.4, 0.5) is 8.78 Å². The van der Waals surface area contributed by atoms with Gasteiger partial charge in [-0.25, -0.2) is 0 Å². The van der Waals surface area contributed by atoms with Gasteiger partial charge in [0.05, 0.1) is 15.7 Å². The molecule has 2 aliphatic rings. The molecular formula is C22H13B5ClF2N3O4. The highest BCUT2D eigenvalue weighted by atomic mass is 35.5. The summed E-state index contributed by atoms with van der Waals surface area (Å²) >= 11 is 5.72. The van der Waals surface area contributed by atoms with Crippen LogP contribution in [-0.4, -0.2) is 73.8 Å². The summed E-state index contributed by atoms with van der Waals surface area (Å²) in [6, 6.07) is 4.34. The number of alkyl halides is 2. The topological polar surface area (TPSA) is 95.6 Å². The van der Waals surface area contributed by atoms with Crippen molar-refractivity contribution in [3.05, 3.63) is 57.6 Å². The molecule has 2 unspecified atom stereocenters. The Labute approximate surface area is 222 Å². The Balaban J connectivity index is 1.67. The van der Waals surface area contributed by atoms with E-state index in [0.717, 1.165) is 23.1 Å². The molecule has 1 saturated heterocycles. The van der Waals surface area contributed by atoms with Crippen LogP contribution in [0.2, 0.25) is 5.02 Å². The Morgan fingerprint density at radius 1 is 1.16 bits per heavy atom. The van der Waals surface area contributed by atoms with E-state index in [9.17, 15) is 28.0 Å². The Hall–Kier alpha value is -3.01. The number of nitrogens with zero attached hydrogens (tertiary/aromatic N) is 1. The number of piperidine rings is 1. The molecule has 2 heterocycles. The van der Waals surface area contributed by atoms with Crippen LogP contribution in [0.15, 0.2) is 30.3 Å². The van der Waals surface area contributed by atoms with E-state index in [1.807, 2.05) is 5.32 Å². The van der Waals surface area contributed by atoms with E-state index in [1.165, 1.54) is 12.1 Å². The van der Waals surface area contributed by atoms with Crippen LogP contribution in [0, 0.1) is 0 Å². The third-order valence-electron chi connectivity index (χ3n) is 6.34. The summed E-state index contributed by atoms with van der Waals surface area (Å²) in [7, 11) is 30.7. The SMILES string of the molecule is [B]c1c(C([B])NC(=O)C(F)(F)c2ccc(Cl)cc2)cc2c(c1[B])C(=O)N(C1CCC(=O)NC1=O)C2([B])[B]. The first-order valence-corrected chi connectivity index (χ1v) is 11.2. The zero-order valence-corrected chi connectivity index (χ0v) is 19.8. The van der Waals surface area contributed by atoms with Crippen LogP contribution in [0.3, 0.4) is 0 Å². The maximum Gasteiger partial charge on any atom is 0.349 e. The van der Waals surface area contributed by atoms with Gasteiger partial charge in [0.25, 0.3) is 11.8 Å². The van der Waals surface area contributed by atoms with E-state index >= 15 is 0 Å². The van der Waals surface area contributed by atoms with E-state index < -0.39 is 52.4 Å². The van der Waals surface area contributed by atoms with Crippen molar-refractivity contribution in [1.82, 2.24) is 15.5 Å². The van der Waals surface area contributed by atoms with Gasteiger partial charge in [-0.15, -0.1) is 0 Å². The van der Waals surface area contributed by atoms with Crippen molar-refractivity contribution in [2.45, 2.75) is 36.1 Å². The summed E-state index contributed by atoms with van der Waals surface area (Å²) < 4.78 is 29.5. The van der Waals surface area contributed by atoms with Crippen molar-refractivity contribution in [2.24, 2.45) is 0 Å². The van der Waals surface area contributed by atoms with Crippen molar-refractivity contribution >= 4 is 85.4 Å². The van der Waals surface area contributed by atoms with Gasteiger partial charge in [-0.1, -0.05) is 40.7 Å². The van der Waals surface area contributed by atoms with E-state index in [4.69, 9.17) is 50.8 Å². The molecule has 10 radical (unpaired) electrons. The van der Waals surface area contributed by atoms with Crippen LogP contribution in [0.5, 0.6) is 0 Å². The van der Waals surface area contributed by atoms with Crippen LogP contribution in [0.25, 0.3) is 0 Å². The first-order valence-electron chi connectivity index (χ1n) is 10.9. The highest BCUT2D eigenvalue weighted by molar-refractivity contribution is 6.53. The quantitative estimate of drug-likeness (QED) is 0.387. The van der Waals surface area contributed by atoms with Crippen molar-refractivity contribution in [2.75, 3.05) is 0 Å². The van der Waals surface area contributed by atoms with Crippen molar-refractivity contribution in [3.63, 3.8) is 0 Å². The minimum atomic E-state index is -3.98. The molecule has 4 rings (SSSR count). The number of imide groups is 1. The molecule has 0 saturated carbocycles. The molecular weight excluding hydrogens is 498 g/mol. The van der Waals surface area contributed by atoms with Gasteiger partial charge in [-0.05, 0) is 35.0 Å². The smallest absolute Gasteiger partial charge is 0.349 e. The lowest BCUT2D eigenvalue weighted by Crippen LogP contribution is -2.59. The van der Waals surface area contributed by atoms with Crippen molar-refractivity contribution in [1.29, 1.82) is 0 Å². The van der Waals surface area contributed by atoms with E-state index in [2.05, 4.69) is 5.32 Å². The molecule has 2 aromatic carbocycles. The van der Waals surface area contributed by atoms with E-state index in [0.29, 0.717) is 0 Å². The molecule has 4 amide bonds. The number of benzene rings is 2. The first-order chi connectivity index (χ1) is 17.2. The molecule has 15 heteroatoms. The zero-order chi connectivity index (χ0) is 27.4. The molecule has 7 nitrogen and oxygen atoms in total. The first kappa shape index (κ1) is 27.0. The standard InChI is InChI=1S/C22H13B5ClF2N3O4/c23-15-10(17(25)32-20(37)21(29,30)8-1-3-9(28)4-2-8)7-11-14(16(15)24)19(36)33(22(11,26)27)12-5-6-13(34)31-18(12)35/h1-4,7,12,17H,5-6H2,(H,32,37)(H,31,34,35). The van der Waals surface area contributed by atoms with Gasteiger partial charge in [-0.2, -0.15) is 8.78 Å². The van der Waals surface area contributed by atoms with Gasteiger partial charge in [0.2, 0.25) is 11.8 Å². The zero-order valence-electron chi connectivity index (χ0n) is 19.1. The Morgan fingerprint density at radius 3 is 2.38 bits per heavy atom. The van der Waals surface area contributed by atoms with Crippen molar-refractivity contribution in [3.8, 4) is 0 Å². The maximum absolute atomic E-state index is 14.7. The second-order valence-electron chi connectivity index (χ2n) is 8.72. The van der Waals surface area contributed by atoms with Gasteiger partial charge in [0, 0.05) is 28.5 Å². The molecule has 2 aliphatic heterocycles. The molecule has 2 N–H and O–H groups in total. The van der Waals surface area contributed by atoms with E-state index in [-0.39, 0.29) is 45.5 Å². The minimum absolute atomic E-state index is 0.0435. The summed E-state index contributed by atoms with van der Waals surface area (Å²) in [5, 5.41) is 2.18. The average Bonchev–Trinajstić information content (AvgIpc) is 3.01. The fourth-order valence-electron chi connectivity index (χ4n) is 4.39.